The Hall–Kier alpha value is -5.94. The Morgan fingerprint density at radius 1 is 0.519 bits per heavy atom. The highest BCUT2D eigenvalue weighted by molar-refractivity contribution is 7.26. The van der Waals surface area contributed by atoms with Gasteiger partial charge in [-0.2, -0.15) is 0 Å². The van der Waals surface area contributed by atoms with Gasteiger partial charge >= 0.3 is 0 Å². The van der Waals surface area contributed by atoms with E-state index in [4.69, 9.17) is 4.42 Å². The summed E-state index contributed by atoms with van der Waals surface area (Å²) in [5.74, 6) is 0. The number of hydrogen-bond acceptors (Lipinski definition) is 3. The maximum atomic E-state index is 6.63. The van der Waals surface area contributed by atoms with E-state index in [1.54, 1.807) is 0 Å². The number of benzene rings is 8. The van der Waals surface area contributed by atoms with Gasteiger partial charge in [-0.05, 0) is 92.4 Å². The van der Waals surface area contributed by atoms with Crippen molar-refractivity contribution < 1.29 is 4.42 Å². The minimum absolute atomic E-state index is 0.949. The van der Waals surface area contributed by atoms with Crippen molar-refractivity contribution in [3.05, 3.63) is 164 Å². The molecule has 52 heavy (non-hydrogen) atoms. The van der Waals surface area contributed by atoms with Crippen LogP contribution in [-0.2, 0) is 0 Å². The van der Waals surface area contributed by atoms with Crippen LogP contribution in [0.3, 0.4) is 0 Å². The molecule has 246 valence electrons. The zero-order valence-corrected chi connectivity index (χ0v) is 30.7. The lowest BCUT2D eigenvalue weighted by molar-refractivity contribution is 0.670. The number of anilines is 3. The van der Waals surface area contributed by atoms with Gasteiger partial charge in [0.25, 0.3) is 0 Å². The van der Waals surface area contributed by atoms with Crippen molar-refractivity contribution in [2.24, 2.45) is 0 Å². The topological polar surface area (TPSA) is 16.4 Å². The molecular weight excluding hydrogens is 667 g/mol. The number of hydrogen-bond donors (Lipinski definition) is 0. The van der Waals surface area contributed by atoms with Crippen LogP contribution < -0.4 is 15.3 Å². The van der Waals surface area contributed by atoms with Crippen LogP contribution in [-0.4, -0.2) is 8.07 Å². The largest absolute Gasteiger partial charge is 0.455 e. The monoisotopic (exact) mass is 699 g/mol. The highest BCUT2D eigenvalue weighted by Crippen LogP contribution is 2.46. The zero-order chi connectivity index (χ0) is 34.6. The second kappa shape index (κ2) is 11.0. The molecule has 0 spiro atoms. The van der Waals surface area contributed by atoms with Crippen LogP contribution in [0.2, 0.25) is 13.1 Å². The summed E-state index contributed by atoms with van der Waals surface area (Å²) >= 11 is 1.87. The summed E-state index contributed by atoms with van der Waals surface area (Å²) in [4.78, 5) is 2.48. The first-order chi connectivity index (χ1) is 25.5. The molecule has 0 atom stereocenters. The molecule has 0 radical (unpaired) electrons. The maximum Gasteiger partial charge on any atom is 0.143 e. The van der Waals surface area contributed by atoms with Crippen molar-refractivity contribution in [1.82, 2.24) is 0 Å². The minimum Gasteiger partial charge on any atom is -0.455 e. The predicted molar refractivity (Wildman–Crippen MR) is 226 cm³/mol. The van der Waals surface area contributed by atoms with Crippen LogP contribution in [0, 0.1) is 0 Å². The van der Waals surface area contributed by atoms with Crippen LogP contribution in [0.5, 0.6) is 0 Å². The molecule has 8 aromatic carbocycles. The summed E-state index contributed by atoms with van der Waals surface area (Å²) in [7, 11) is -2.07. The molecule has 2 nitrogen and oxygen atoms in total. The summed E-state index contributed by atoms with van der Waals surface area (Å²) in [6.45, 7) is 4.98. The second-order valence-corrected chi connectivity index (χ2v) is 19.9. The number of para-hydroxylation sites is 1. The molecule has 11 rings (SSSR count). The molecule has 0 amide bonds. The van der Waals surface area contributed by atoms with E-state index in [9.17, 15) is 0 Å². The molecular formula is C48H33NOSSi. The first-order valence-corrected chi connectivity index (χ1v) is 21.7. The average Bonchev–Trinajstić information content (AvgIpc) is 3.83. The Balaban J connectivity index is 1.11. The number of furan rings is 1. The molecule has 3 heterocycles. The van der Waals surface area contributed by atoms with E-state index in [1.807, 2.05) is 11.3 Å². The van der Waals surface area contributed by atoms with E-state index in [0.717, 1.165) is 16.9 Å². The molecule has 0 saturated carbocycles. The SMILES string of the molecule is C[Si]1(C)c2cc(N(c3ccc(-c4ccc5ccccc5c4)cc3)c3cccc4sc5ccccc5c34)ccc2-c2c1ccc1c2oc2ccccc21. The van der Waals surface area contributed by atoms with E-state index in [-0.39, 0.29) is 0 Å². The Morgan fingerprint density at radius 3 is 2.13 bits per heavy atom. The van der Waals surface area contributed by atoms with E-state index in [0.29, 0.717) is 0 Å². The molecule has 0 saturated heterocycles. The van der Waals surface area contributed by atoms with Crippen LogP contribution in [0.25, 0.3) is 75.1 Å². The molecule has 0 bridgehead atoms. The average molecular weight is 700 g/mol. The van der Waals surface area contributed by atoms with Crippen LogP contribution in [0.15, 0.2) is 168 Å². The van der Waals surface area contributed by atoms with Crippen molar-refractivity contribution in [3.63, 3.8) is 0 Å². The van der Waals surface area contributed by atoms with Crippen LogP contribution in [0.4, 0.5) is 17.1 Å². The number of fused-ring (bicyclic) bond motifs is 11. The van der Waals surface area contributed by atoms with Crippen LogP contribution in [0.1, 0.15) is 0 Å². The van der Waals surface area contributed by atoms with Gasteiger partial charge in [0.15, 0.2) is 0 Å². The molecule has 0 N–H and O–H groups in total. The summed E-state index contributed by atoms with van der Waals surface area (Å²) in [5.41, 5.74) is 10.5. The third kappa shape index (κ3) is 4.29. The quantitative estimate of drug-likeness (QED) is 0.170. The Bertz CT molecular complexity index is 3060. The lowest BCUT2D eigenvalue weighted by atomic mass is 10.00. The van der Waals surface area contributed by atoms with E-state index in [1.165, 1.54) is 85.7 Å². The normalized spacial score (nSPS) is 13.3. The van der Waals surface area contributed by atoms with Gasteiger partial charge in [0, 0.05) is 47.9 Å². The number of nitrogens with zero attached hydrogens (tertiary/aromatic N) is 1. The van der Waals surface area contributed by atoms with Crippen molar-refractivity contribution in [2.75, 3.05) is 4.90 Å². The fraction of sp³-hybridized carbons (Fsp3) is 0.0417. The third-order valence-corrected chi connectivity index (χ3v) is 15.9. The van der Waals surface area contributed by atoms with E-state index in [2.05, 4.69) is 182 Å². The Kier molecular flexibility index (Phi) is 6.31. The summed E-state index contributed by atoms with van der Waals surface area (Å²) in [6, 6.07) is 60.3. The first kappa shape index (κ1) is 29.8. The smallest absolute Gasteiger partial charge is 0.143 e. The highest BCUT2D eigenvalue weighted by atomic mass is 32.1. The van der Waals surface area contributed by atoms with Crippen molar-refractivity contribution >= 4 is 99.7 Å². The summed E-state index contributed by atoms with van der Waals surface area (Å²) in [5, 5.41) is 10.4. The van der Waals surface area contributed by atoms with Crippen molar-refractivity contribution in [3.8, 4) is 22.3 Å². The molecule has 1 aliphatic heterocycles. The molecule has 0 fully saturated rings. The van der Waals surface area contributed by atoms with Gasteiger partial charge in [0.1, 0.15) is 19.2 Å². The van der Waals surface area contributed by atoms with Crippen LogP contribution >= 0.6 is 11.3 Å². The highest BCUT2D eigenvalue weighted by Gasteiger charge is 2.40. The summed E-state index contributed by atoms with van der Waals surface area (Å²) < 4.78 is 9.23. The third-order valence-electron chi connectivity index (χ3n) is 11.3. The zero-order valence-electron chi connectivity index (χ0n) is 28.9. The Labute approximate surface area is 306 Å². The standard InChI is InChI=1S/C48H33NOSSi/c1-52(2)44-27-26-37-36-12-5-7-15-41(36)50-48(37)47(44)39-25-24-35(29-45(39)52)49(40-14-9-17-43-46(40)38-13-6-8-16-42(38)51-43)34-22-20-31(21-23-34)33-19-18-30-10-3-4-11-32(30)28-33/h3-29H,1-2H3. The predicted octanol–water partition coefficient (Wildman–Crippen LogP) is 13.0. The number of rotatable bonds is 4. The molecule has 1 aliphatic rings. The maximum absolute atomic E-state index is 6.63. The van der Waals surface area contributed by atoms with Gasteiger partial charge in [-0.3, -0.25) is 0 Å². The fourth-order valence-electron chi connectivity index (χ4n) is 8.67. The lowest BCUT2D eigenvalue weighted by Crippen LogP contribution is -2.49. The van der Waals surface area contributed by atoms with E-state index >= 15 is 0 Å². The number of thiophene rings is 1. The summed E-state index contributed by atoms with van der Waals surface area (Å²) in [6.07, 6.45) is 0. The molecule has 4 heteroatoms. The second-order valence-electron chi connectivity index (χ2n) is 14.5. The van der Waals surface area contributed by atoms with E-state index < -0.39 is 8.07 Å². The lowest BCUT2D eigenvalue weighted by Gasteiger charge is -2.28. The molecule has 10 aromatic rings. The van der Waals surface area contributed by atoms with Gasteiger partial charge in [0.05, 0.1) is 5.69 Å². The minimum atomic E-state index is -2.07. The van der Waals surface area contributed by atoms with Gasteiger partial charge in [0.2, 0.25) is 0 Å². The van der Waals surface area contributed by atoms with Gasteiger partial charge < -0.3 is 9.32 Å². The van der Waals surface area contributed by atoms with Gasteiger partial charge in [-0.1, -0.05) is 122 Å². The molecule has 2 aromatic heterocycles. The first-order valence-electron chi connectivity index (χ1n) is 17.9. The van der Waals surface area contributed by atoms with Gasteiger partial charge in [-0.25, -0.2) is 0 Å². The fourth-order valence-corrected chi connectivity index (χ4v) is 12.9. The van der Waals surface area contributed by atoms with Crippen molar-refractivity contribution in [2.45, 2.75) is 13.1 Å². The van der Waals surface area contributed by atoms with Crippen molar-refractivity contribution in [1.29, 1.82) is 0 Å². The molecule has 0 aliphatic carbocycles. The molecule has 0 unspecified atom stereocenters. The van der Waals surface area contributed by atoms with Gasteiger partial charge in [-0.15, -0.1) is 11.3 Å². The Morgan fingerprint density at radius 2 is 1.25 bits per heavy atom.